The molecular weight excluding hydrogens is 506 g/mol. The van der Waals surface area contributed by atoms with Crippen molar-refractivity contribution in [2.45, 2.75) is 45.6 Å². The van der Waals surface area contributed by atoms with Gasteiger partial charge in [0.15, 0.2) is 0 Å². The Kier molecular flexibility index (Phi) is 8.28. The van der Waals surface area contributed by atoms with Gasteiger partial charge in [-0.3, -0.25) is 9.69 Å². The molecule has 212 valence electrons. The van der Waals surface area contributed by atoms with E-state index in [1.807, 2.05) is 44.2 Å². The number of carbonyl (C=O) groups is 2. The van der Waals surface area contributed by atoms with E-state index in [1.165, 1.54) is 0 Å². The summed E-state index contributed by atoms with van der Waals surface area (Å²) in [5.74, 6) is 0.0864. The largest absolute Gasteiger partial charge is 0.494 e. The summed E-state index contributed by atoms with van der Waals surface area (Å²) in [4.78, 5) is 34.5. The van der Waals surface area contributed by atoms with Crippen molar-refractivity contribution in [2.75, 3.05) is 46.0 Å². The first kappa shape index (κ1) is 27.9. The van der Waals surface area contributed by atoms with E-state index in [4.69, 9.17) is 14.2 Å². The van der Waals surface area contributed by atoms with Crippen LogP contribution in [0.15, 0.2) is 54.7 Å². The first-order valence-corrected chi connectivity index (χ1v) is 14.1. The van der Waals surface area contributed by atoms with E-state index in [9.17, 15) is 9.59 Å². The van der Waals surface area contributed by atoms with Gasteiger partial charge in [-0.2, -0.15) is 0 Å². The Morgan fingerprint density at radius 3 is 2.50 bits per heavy atom. The van der Waals surface area contributed by atoms with Crippen molar-refractivity contribution in [3.63, 3.8) is 0 Å². The van der Waals surface area contributed by atoms with E-state index >= 15 is 0 Å². The quantitative estimate of drug-likeness (QED) is 0.317. The van der Waals surface area contributed by atoms with Gasteiger partial charge in [0, 0.05) is 54.3 Å². The van der Waals surface area contributed by atoms with Crippen LogP contribution in [0.5, 0.6) is 5.75 Å². The zero-order chi connectivity index (χ0) is 28.3. The van der Waals surface area contributed by atoms with Crippen LogP contribution in [0.25, 0.3) is 16.5 Å². The van der Waals surface area contributed by atoms with Crippen molar-refractivity contribution in [2.24, 2.45) is 0 Å². The minimum atomic E-state index is -0.459. The van der Waals surface area contributed by atoms with Gasteiger partial charge >= 0.3 is 5.97 Å². The molecule has 3 aromatic rings. The van der Waals surface area contributed by atoms with Crippen LogP contribution in [0.4, 0.5) is 0 Å². The van der Waals surface area contributed by atoms with Gasteiger partial charge in [-0.05, 0) is 56.2 Å². The van der Waals surface area contributed by atoms with Crippen LogP contribution >= 0.6 is 0 Å². The molecule has 0 saturated carbocycles. The third-order valence-electron chi connectivity index (χ3n) is 7.42. The molecule has 8 nitrogen and oxygen atoms in total. The van der Waals surface area contributed by atoms with Crippen molar-refractivity contribution in [1.29, 1.82) is 0 Å². The maximum atomic E-state index is 13.8. The van der Waals surface area contributed by atoms with E-state index in [0.29, 0.717) is 30.0 Å². The number of carbonyl (C=O) groups excluding carboxylic acids is 2. The Hall–Kier alpha value is -3.62. The van der Waals surface area contributed by atoms with Crippen molar-refractivity contribution in [3.05, 3.63) is 71.6 Å². The SMILES string of the molecule is CC(C)OC(=O)C1=CN(C(=O)c2ccc(OCCCN3CCOCC3)cc2)CC(C)(C)c2c1[nH]c1ccccc21. The number of fused-ring (bicyclic) bond motifs is 3. The highest BCUT2D eigenvalue weighted by atomic mass is 16.5. The summed E-state index contributed by atoms with van der Waals surface area (Å²) in [7, 11) is 0. The Labute approximate surface area is 235 Å². The van der Waals surface area contributed by atoms with Gasteiger partial charge in [0.1, 0.15) is 5.75 Å². The molecule has 0 atom stereocenters. The average molecular weight is 546 g/mol. The highest BCUT2D eigenvalue weighted by Crippen LogP contribution is 2.40. The summed E-state index contributed by atoms with van der Waals surface area (Å²) < 4.78 is 16.9. The fraction of sp³-hybridized carbons (Fsp3) is 0.438. The van der Waals surface area contributed by atoms with Crippen LogP contribution in [0, 0.1) is 0 Å². The van der Waals surface area contributed by atoms with Gasteiger partial charge in [0.25, 0.3) is 5.91 Å². The molecule has 0 radical (unpaired) electrons. The average Bonchev–Trinajstić information content (AvgIpc) is 3.28. The number of amides is 1. The molecule has 2 aliphatic heterocycles. The number of rotatable bonds is 8. The van der Waals surface area contributed by atoms with Gasteiger partial charge in [0.2, 0.25) is 0 Å². The number of aromatic amines is 1. The van der Waals surface area contributed by atoms with Gasteiger partial charge in [-0.25, -0.2) is 4.79 Å². The van der Waals surface area contributed by atoms with Gasteiger partial charge < -0.3 is 24.1 Å². The lowest BCUT2D eigenvalue weighted by atomic mass is 9.81. The van der Waals surface area contributed by atoms with Crippen LogP contribution < -0.4 is 4.74 Å². The highest BCUT2D eigenvalue weighted by Gasteiger charge is 2.37. The number of nitrogens with one attached hydrogen (secondary N) is 1. The topological polar surface area (TPSA) is 84.1 Å². The monoisotopic (exact) mass is 545 g/mol. The molecule has 0 bridgehead atoms. The first-order chi connectivity index (χ1) is 19.2. The summed E-state index contributed by atoms with van der Waals surface area (Å²) in [5.41, 5.74) is 3.09. The van der Waals surface area contributed by atoms with E-state index in [1.54, 1.807) is 23.2 Å². The molecule has 0 unspecified atom stereocenters. The molecule has 3 heterocycles. The lowest BCUT2D eigenvalue weighted by Crippen LogP contribution is -2.37. The smallest absolute Gasteiger partial charge is 0.342 e. The van der Waals surface area contributed by atoms with Crippen molar-refractivity contribution in [3.8, 4) is 5.75 Å². The molecule has 1 saturated heterocycles. The van der Waals surface area contributed by atoms with Crippen LogP contribution in [0.1, 0.15) is 55.7 Å². The number of hydrogen-bond acceptors (Lipinski definition) is 6. The lowest BCUT2D eigenvalue weighted by molar-refractivity contribution is -0.140. The fourth-order valence-corrected chi connectivity index (χ4v) is 5.54. The van der Waals surface area contributed by atoms with Crippen molar-refractivity contribution >= 4 is 28.4 Å². The first-order valence-electron chi connectivity index (χ1n) is 14.1. The number of esters is 1. The lowest BCUT2D eigenvalue weighted by Gasteiger charge is -2.29. The molecule has 5 rings (SSSR count). The highest BCUT2D eigenvalue weighted by molar-refractivity contribution is 6.18. The molecule has 1 N–H and O–H groups in total. The maximum absolute atomic E-state index is 13.8. The fourth-order valence-electron chi connectivity index (χ4n) is 5.54. The van der Waals surface area contributed by atoms with Crippen LogP contribution in [0.3, 0.4) is 0 Å². The Morgan fingerprint density at radius 1 is 1.05 bits per heavy atom. The third kappa shape index (κ3) is 6.08. The van der Waals surface area contributed by atoms with E-state index < -0.39 is 11.4 Å². The number of morpholine rings is 1. The van der Waals surface area contributed by atoms with Crippen molar-refractivity contribution in [1.82, 2.24) is 14.8 Å². The Balaban J connectivity index is 1.35. The molecule has 0 spiro atoms. The summed E-state index contributed by atoms with van der Waals surface area (Å²) >= 11 is 0. The zero-order valence-electron chi connectivity index (χ0n) is 23.9. The maximum Gasteiger partial charge on any atom is 0.342 e. The summed E-state index contributed by atoms with van der Waals surface area (Å²) in [5, 5.41) is 1.04. The van der Waals surface area contributed by atoms with Crippen LogP contribution in [0.2, 0.25) is 0 Å². The molecule has 8 heteroatoms. The second kappa shape index (κ2) is 11.9. The number of benzene rings is 2. The molecule has 40 heavy (non-hydrogen) atoms. The van der Waals surface area contributed by atoms with Crippen molar-refractivity contribution < 1.29 is 23.8 Å². The normalized spacial score (nSPS) is 17.3. The van der Waals surface area contributed by atoms with E-state index in [0.717, 1.165) is 61.5 Å². The molecule has 2 aliphatic rings. The predicted molar refractivity (Wildman–Crippen MR) is 155 cm³/mol. The van der Waals surface area contributed by atoms with Crippen LogP contribution in [-0.2, 0) is 19.7 Å². The number of H-pyrrole nitrogens is 1. The minimum Gasteiger partial charge on any atom is -0.494 e. The second-order valence-electron chi connectivity index (χ2n) is 11.4. The number of nitrogens with zero attached hydrogens (tertiary/aromatic N) is 2. The van der Waals surface area contributed by atoms with E-state index in [2.05, 4.69) is 29.8 Å². The summed E-state index contributed by atoms with van der Waals surface area (Å²) in [6.07, 6.45) is 2.29. The third-order valence-corrected chi connectivity index (χ3v) is 7.42. The Bertz CT molecular complexity index is 1380. The summed E-state index contributed by atoms with van der Waals surface area (Å²) in [6, 6.07) is 15.2. The predicted octanol–water partition coefficient (Wildman–Crippen LogP) is 5.00. The molecule has 1 fully saturated rings. The second-order valence-corrected chi connectivity index (χ2v) is 11.4. The van der Waals surface area contributed by atoms with Gasteiger partial charge in [-0.1, -0.05) is 32.0 Å². The number of hydrogen-bond donors (Lipinski definition) is 1. The molecule has 1 amide bonds. The minimum absolute atomic E-state index is 0.184. The molecule has 0 aliphatic carbocycles. The molecule has 1 aromatic heterocycles. The van der Waals surface area contributed by atoms with Gasteiger partial charge in [0.05, 0.1) is 37.2 Å². The zero-order valence-corrected chi connectivity index (χ0v) is 23.9. The van der Waals surface area contributed by atoms with E-state index in [-0.39, 0.29) is 12.0 Å². The molecule has 2 aromatic carbocycles. The number of aromatic nitrogens is 1. The van der Waals surface area contributed by atoms with Gasteiger partial charge in [-0.15, -0.1) is 0 Å². The molecular formula is C32H39N3O5. The number of ether oxygens (including phenoxy) is 3. The number of para-hydroxylation sites is 1. The standard InChI is InChI=1S/C32H39N3O5/c1-22(2)40-31(37)26-20-35(21-32(3,4)28-25-8-5-6-9-27(25)33-29(26)28)30(36)23-10-12-24(13-11-23)39-17-7-14-34-15-18-38-19-16-34/h5-6,8-13,20,22,33H,7,14-19,21H2,1-4H3. The Morgan fingerprint density at radius 2 is 1.77 bits per heavy atom. The van der Waals surface area contributed by atoms with Crippen LogP contribution in [-0.4, -0.2) is 78.8 Å². The summed E-state index contributed by atoms with van der Waals surface area (Å²) in [6.45, 7) is 13.4.